The summed E-state index contributed by atoms with van der Waals surface area (Å²) in [5, 5.41) is 3.83. The summed E-state index contributed by atoms with van der Waals surface area (Å²) in [4.78, 5) is 0.398. The summed E-state index contributed by atoms with van der Waals surface area (Å²) < 4.78 is 39.8. The first-order valence-electron chi connectivity index (χ1n) is 13.2. The Morgan fingerprint density at radius 3 is 2.46 bits per heavy atom. The second-order valence-electron chi connectivity index (χ2n) is 10.6. The van der Waals surface area contributed by atoms with E-state index >= 15 is 0 Å². The van der Waals surface area contributed by atoms with Crippen LogP contribution < -0.4 is 10.1 Å². The molecular weight excluding hydrogens is 458 g/mol. The molecule has 1 aliphatic carbocycles. The van der Waals surface area contributed by atoms with Crippen LogP contribution in [0.25, 0.3) is 0 Å². The molecule has 0 saturated heterocycles. The van der Waals surface area contributed by atoms with Crippen LogP contribution in [-0.4, -0.2) is 39.0 Å². The highest BCUT2D eigenvalue weighted by molar-refractivity contribution is 7.91. The fourth-order valence-electron chi connectivity index (χ4n) is 5.87. The summed E-state index contributed by atoms with van der Waals surface area (Å²) in [6, 6.07) is 15.7. The van der Waals surface area contributed by atoms with Crippen molar-refractivity contribution < 1.29 is 17.9 Å². The molecule has 2 aromatic carbocycles. The molecule has 0 amide bonds. The molecule has 2 aromatic rings. The Bertz CT molecular complexity index is 1090. The molecule has 0 spiro atoms. The highest BCUT2D eigenvalue weighted by atomic mass is 32.2. The summed E-state index contributed by atoms with van der Waals surface area (Å²) in [6.07, 6.45) is 6.64. The number of hydrogen-bond donors (Lipinski definition) is 1. The lowest BCUT2D eigenvalue weighted by molar-refractivity contribution is 0.00207. The molecule has 1 aliphatic heterocycles. The number of ether oxygens (including phenoxy) is 2. The van der Waals surface area contributed by atoms with Gasteiger partial charge in [0.25, 0.3) is 0 Å². The van der Waals surface area contributed by atoms with Gasteiger partial charge in [0.15, 0.2) is 9.84 Å². The molecule has 1 heterocycles. The summed E-state index contributed by atoms with van der Waals surface area (Å²) in [7, 11) is -1.77. The Morgan fingerprint density at radius 2 is 1.77 bits per heavy atom. The van der Waals surface area contributed by atoms with Gasteiger partial charge in [0, 0.05) is 19.1 Å². The fraction of sp³-hybridized carbons (Fsp3) is 0.586. The van der Waals surface area contributed by atoms with Crippen molar-refractivity contribution in [2.45, 2.75) is 94.4 Å². The van der Waals surface area contributed by atoms with E-state index in [0.717, 1.165) is 56.1 Å². The van der Waals surface area contributed by atoms with Crippen molar-refractivity contribution in [1.82, 2.24) is 5.32 Å². The van der Waals surface area contributed by atoms with Crippen molar-refractivity contribution in [3.63, 3.8) is 0 Å². The number of benzene rings is 2. The zero-order valence-electron chi connectivity index (χ0n) is 21.6. The zero-order valence-corrected chi connectivity index (χ0v) is 22.4. The summed E-state index contributed by atoms with van der Waals surface area (Å²) in [6.45, 7) is 6.48. The van der Waals surface area contributed by atoms with Crippen molar-refractivity contribution >= 4 is 9.84 Å². The third-order valence-corrected chi connectivity index (χ3v) is 9.82. The van der Waals surface area contributed by atoms with E-state index in [2.05, 4.69) is 38.2 Å². The highest BCUT2D eigenvalue weighted by Gasteiger charge is 2.42. The van der Waals surface area contributed by atoms with Crippen molar-refractivity contribution in [3.8, 4) is 5.75 Å². The number of hydrogen-bond acceptors (Lipinski definition) is 5. The van der Waals surface area contributed by atoms with Crippen molar-refractivity contribution in [1.29, 1.82) is 0 Å². The van der Waals surface area contributed by atoms with E-state index in [1.165, 1.54) is 0 Å². The summed E-state index contributed by atoms with van der Waals surface area (Å²) in [5.74, 6) is 1.24. The molecular formula is C29H41NO4S. The maximum atomic E-state index is 13.9. The van der Waals surface area contributed by atoms with Gasteiger partial charge in [0.2, 0.25) is 0 Å². The highest BCUT2D eigenvalue weighted by Crippen LogP contribution is 2.40. The maximum Gasteiger partial charge on any atom is 0.180 e. The standard InChI is InChI=1S/C29H41NO4S/c1-5-7-15-29(6-2)20-35(31,32)27-19-23(34-25-17-21(3)16-24(18-25)33-4)13-14-26(27)28(30-29)22-11-9-8-10-12-22/h8-14,19,21,24-25,28,30H,5-7,15-18,20H2,1-4H3/t21-,24+,25-,28?,29?/m1/s1. The molecule has 5 atom stereocenters. The lowest BCUT2D eigenvalue weighted by atomic mass is 9.86. The lowest BCUT2D eigenvalue weighted by Crippen LogP contribution is -2.50. The largest absolute Gasteiger partial charge is 0.490 e. The average molecular weight is 500 g/mol. The van der Waals surface area contributed by atoms with Crippen LogP contribution in [0, 0.1) is 5.92 Å². The molecule has 1 saturated carbocycles. The Hall–Kier alpha value is -1.89. The van der Waals surface area contributed by atoms with Gasteiger partial charge in [-0.1, -0.05) is 70.0 Å². The van der Waals surface area contributed by atoms with E-state index in [0.29, 0.717) is 16.6 Å². The normalized spacial score (nSPS) is 30.3. The fourth-order valence-corrected chi connectivity index (χ4v) is 8.03. The van der Waals surface area contributed by atoms with Gasteiger partial charge < -0.3 is 9.47 Å². The monoisotopic (exact) mass is 499 g/mol. The van der Waals surface area contributed by atoms with Gasteiger partial charge >= 0.3 is 0 Å². The number of fused-ring (bicyclic) bond motifs is 1. The van der Waals surface area contributed by atoms with Crippen LogP contribution in [0.3, 0.4) is 0 Å². The first kappa shape index (κ1) is 26.2. The molecule has 1 N–H and O–H groups in total. The minimum Gasteiger partial charge on any atom is -0.490 e. The van der Waals surface area contributed by atoms with Crippen LogP contribution in [0.5, 0.6) is 5.75 Å². The van der Waals surface area contributed by atoms with Crippen LogP contribution in [0.15, 0.2) is 53.4 Å². The predicted molar refractivity (Wildman–Crippen MR) is 141 cm³/mol. The number of nitrogens with one attached hydrogen (secondary N) is 1. The van der Waals surface area contributed by atoms with E-state index in [1.807, 2.05) is 30.3 Å². The van der Waals surface area contributed by atoms with Crippen LogP contribution in [0.2, 0.25) is 0 Å². The van der Waals surface area contributed by atoms with Crippen LogP contribution in [0.4, 0.5) is 0 Å². The van der Waals surface area contributed by atoms with Crippen molar-refractivity contribution in [3.05, 3.63) is 59.7 Å². The number of rotatable bonds is 8. The van der Waals surface area contributed by atoms with Gasteiger partial charge in [-0.15, -0.1) is 0 Å². The van der Waals surface area contributed by atoms with Gasteiger partial charge in [-0.05, 0) is 54.9 Å². The second-order valence-corrected chi connectivity index (χ2v) is 12.6. The Labute approximate surface area is 211 Å². The lowest BCUT2D eigenvalue weighted by Gasteiger charge is -2.36. The van der Waals surface area contributed by atoms with Crippen molar-refractivity contribution in [2.24, 2.45) is 5.92 Å². The molecule has 35 heavy (non-hydrogen) atoms. The molecule has 2 unspecified atom stereocenters. The molecule has 1 fully saturated rings. The Kier molecular flexibility index (Phi) is 8.24. The van der Waals surface area contributed by atoms with Gasteiger partial charge in [-0.2, -0.15) is 0 Å². The first-order chi connectivity index (χ1) is 16.8. The summed E-state index contributed by atoms with van der Waals surface area (Å²) in [5.41, 5.74) is 1.42. The molecule has 0 bridgehead atoms. The molecule has 5 nitrogen and oxygen atoms in total. The molecule has 0 radical (unpaired) electrons. The minimum atomic E-state index is -3.53. The van der Waals surface area contributed by atoms with E-state index in [-0.39, 0.29) is 24.0 Å². The van der Waals surface area contributed by atoms with E-state index in [9.17, 15) is 8.42 Å². The summed E-state index contributed by atoms with van der Waals surface area (Å²) >= 11 is 0. The van der Waals surface area contributed by atoms with Crippen LogP contribution in [-0.2, 0) is 14.6 Å². The SMILES string of the molecule is CCCCC1(CC)CS(=O)(=O)c2cc(O[C@@H]3C[C@H](C)C[C@H](OC)C3)ccc2C(c2ccccc2)N1. The molecule has 192 valence electrons. The second kappa shape index (κ2) is 11.0. The molecule has 0 aromatic heterocycles. The number of methoxy groups -OCH3 is 1. The zero-order chi connectivity index (χ0) is 25.1. The number of sulfone groups is 1. The average Bonchev–Trinajstić information content (AvgIpc) is 2.95. The van der Waals surface area contributed by atoms with Gasteiger partial charge in [-0.25, -0.2) is 8.42 Å². The number of unbranched alkanes of at least 4 members (excludes halogenated alkanes) is 1. The van der Waals surface area contributed by atoms with E-state index < -0.39 is 15.4 Å². The molecule has 2 aliphatic rings. The van der Waals surface area contributed by atoms with Gasteiger partial charge in [0.05, 0.1) is 22.8 Å². The molecule has 4 rings (SSSR count). The molecule has 6 heteroatoms. The van der Waals surface area contributed by atoms with E-state index in [4.69, 9.17) is 9.47 Å². The Balaban J connectivity index is 1.74. The van der Waals surface area contributed by atoms with Crippen molar-refractivity contribution in [2.75, 3.05) is 12.9 Å². The predicted octanol–water partition coefficient (Wildman–Crippen LogP) is 6.07. The van der Waals surface area contributed by atoms with Crippen LogP contribution in [0.1, 0.15) is 82.9 Å². The van der Waals surface area contributed by atoms with Gasteiger partial charge in [0.1, 0.15) is 11.9 Å². The van der Waals surface area contributed by atoms with E-state index in [1.54, 1.807) is 13.2 Å². The van der Waals surface area contributed by atoms with Gasteiger partial charge in [-0.3, -0.25) is 5.32 Å². The first-order valence-corrected chi connectivity index (χ1v) is 14.8. The minimum absolute atomic E-state index is 0.0255. The van der Waals surface area contributed by atoms with Crippen LogP contribution >= 0.6 is 0 Å². The topological polar surface area (TPSA) is 64.6 Å². The maximum absolute atomic E-state index is 13.9. The quantitative estimate of drug-likeness (QED) is 0.477. The third-order valence-electron chi connectivity index (χ3n) is 7.86. The third kappa shape index (κ3) is 5.92. The Morgan fingerprint density at radius 1 is 1.03 bits per heavy atom. The smallest absolute Gasteiger partial charge is 0.180 e.